The van der Waals surface area contributed by atoms with Crippen LogP contribution in [0.5, 0.6) is 0 Å². The number of thiophene rings is 1. The molecule has 4 nitrogen and oxygen atoms in total. The molecule has 2 aromatic carbocycles. The average molecular weight is 387 g/mol. The van der Waals surface area contributed by atoms with Crippen LogP contribution in [0.25, 0.3) is 20.7 Å². The highest BCUT2D eigenvalue weighted by Crippen LogP contribution is 2.36. The van der Waals surface area contributed by atoms with Gasteiger partial charge in [-0.1, -0.05) is 36.4 Å². The van der Waals surface area contributed by atoms with Crippen molar-refractivity contribution in [3.05, 3.63) is 72.6 Å². The lowest BCUT2D eigenvalue weighted by atomic mass is 10.1. The van der Waals surface area contributed by atoms with Gasteiger partial charge in [0, 0.05) is 17.1 Å². The number of nitrogens with zero attached hydrogens (tertiary/aromatic N) is 3. The quantitative estimate of drug-likeness (QED) is 0.478. The van der Waals surface area contributed by atoms with Crippen LogP contribution in [0.15, 0.2) is 67.0 Å². The lowest BCUT2D eigenvalue weighted by Gasteiger charge is -2.14. The van der Waals surface area contributed by atoms with Crippen molar-refractivity contribution in [1.29, 1.82) is 0 Å². The molecule has 1 aliphatic heterocycles. The molecule has 28 heavy (non-hydrogen) atoms. The summed E-state index contributed by atoms with van der Waals surface area (Å²) in [6.07, 6.45) is 4.28. The topological polar surface area (TPSA) is 41.1 Å². The number of fused-ring (bicyclic) bond motifs is 1. The van der Waals surface area contributed by atoms with Gasteiger partial charge in [0.2, 0.25) is 0 Å². The summed E-state index contributed by atoms with van der Waals surface area (Å²) in [4.78, 5) is 12.7. The number of anilines is 2. The second-order valence-electron chi connectivity index (χ2n) is 7.22. The monoisotopic (exact) mass is 386 g/mol. The van der Waals surface area contributed by atoms with E-state index in [1.807, 2.05) is 30.3 Å². The van der Waals surface area contributed by atoms with E-state index in [1.54, 1.807) is 17.7 Å². The van der Waals surface area contributed by atoms with E-state index in [0.717, 1.165) is 28.3 Å². The Labute approximate surface area is 168 Å². The van der Waals surface area contributed by atoms with E-state index in [1.165, 1.54) is 41.9 Å². The summed E-state index contributed by atoms with van der Waals surface area (Å²) in [5.41, 5.74) is 4.65. The predicted molar refractivity (Wildman–Crippen MR) is 117 cm³/mol. The Morgan fingerprint density at radius 3 is 2.64 bits per heavy atom. The van der Waals surface area contributed by atoms with Crippen molar-refractivity contribution in [1.82, 2.24) is 14.9 Å². The molecular weight excluding hydrogens is 364 g/mol. The van der Waals surface area contributed by atoms with Gasteiger partial charge in [0.15, 0.2) is 5.82 Å². The molecule has 5 rings (SSSR count). The molecule has 0 atom stereocenters. The second-order valence-corrected chi connectivity index (χ2v) is 8.27. The maximum Gasteiger partial charge on any atom is 0.151 e. The van der Waals surface area contributed by atoms with Crippen LogP contribution in [0.4, 0.5) is 11.5 Å². The fourth-order valence-corrected chi connectivity index (χ4v) is 4.82. The highest BCUT2D eigenvalue weighted by Gasteiger charge is 2.14. The molecule has 0 saturated carbocycles. The van der Waals surface area contributed by atoms with Crippen molar-refractivity contribution in [2.45, 2.75) is 19.4 Å². The maximum atomic E-state index is 4.49. The Balaban J connectivity index is 1.46. The molecule has 0 bridgehead atoms. The van der Waals surface area contributed by atoms with Gasteiger partial charge in [0.05, 0.1) is 10.2 Å². The lowest BCUT2D eigenvalue weighted by molar-refractivity contribution is 0.331. The molecule has 1 N–H and O–H groups in total. The van der Waals surface area contributed by atoms with Crippen molar-refractivity contribution in [3.63, 3.8) is 0 Å². The molecule has 0 amide bonds. The number of benzene rings is 2. The van der Waals surface area contributed by atoms with E-state index < -0.39 is 0 Å². The first-order valence-electron chi connectivity index (χ1n) is 9.73. The number of rotatable bonds is 5. The van der Waals surface area contributed by atoms with E-state index >= 15 is 0 Å². The molecule has 140 valence electrons. The summed E-state index contributed by atoms with van der Waals surface area (Å²) in [6, 6.07) is 21.2. The number of para-hydroxylation sites is 1. The summed E-state index contributed by atoms with van der Waals surface area (Å²) in [6.45, 7) is 3.48. The van der Waals surface area contributed by atoms with Gasteiger partial charge in [-0.3, -0.25) is 4.90 Å². The first-order valence-corrected chi connectivity index (χ1v) is 10.5. The second kappa shape index (κ2) is 7.70. The first kappa shape index (κ1) is 17.3. The van der Waals surface area contributed by atoms with E-state index in [2.05, 4.69) is 50.5 Å². The highest BCUT2D eigenvalue weighted by molar-refractivity contribution is 7.22. The smallest absolute Gasteiger partial charge is 0.151 e. The molecule has 1 aliphatic rings. The zero-order chi connectivity index (χ0) is 18.8. The van der Waals surface area contributed by atoms with Crippen LogP contribution in [-0.2, 0) is 6.54 Å². The largest absolute Gasteiger partial charge is 0.339 e. The van der Waals surface area contributed by atoms with Gasteiger partial charge >= 0.3 is 0 Å². The Hall–Kier alpha value is -2.76. The zero-order valence-electron chi connectivity index (χ0n) is 15.6. The lowest BCUT2D eigenvalue weighted by Crippen LogP contribution is -2.18. The molecule has 0 unspecified atom stereocenters. The zero-order valence-corrected chi connectivity index (χ0v) is 16.5. The highest BCUT2D eigenvalue weighted by atomic mass is 32.1. The van der Waals surface area contributed by atoms with Crippen LogP contribution >= 0.6 is 11.3 Å². The Morgan fingerprint density at radius 1 is 0.929 bits per heavy atom. The summed E-state index contributed by atoms with van der Waals surface area (Å²) in [7, 11) is 0. The molecular formula is C23H22N4S. The van der Waals surface area contributed by atoms with Gasteiger partial charge in [-0.25, -0.2) is 9.97 Å². The normalized spacial score (nSPS) is 14.6. The molecule has 1 fully saturated rings. The molecule has 1 saturated heterocycles. The van der Waals surface area contributed by atoms with E-state index in [4.69, 9.17) is 0 Å². The fraction of sp³-hybridized carbons (Fsp3) is 0.217. The molecule has 4 aromatic rings. The third kappa shape index (κ3) is 3.63. The molecule has 2 aromatic heterocycles. The van der Waals surface area contributed by atoms with Crippen molar-refractivity contribution in [3.8, 4) is 10.4 Å². The SMILES string of the molecule is c1ccc(Nc2ncnc3cc(-c4cccc(CN5CCCC5)c4)sc23)cc1. The standard InChI is InChI=1S/C23H22N4S/c1-2-9-19(10-3-1)26-23-22-20(24-16-25-23)14-21(28-22)18-8-6-7-17(13-18)15-27-11-4-5-12-27/h1-3,6-10,13-14,16H,4-5,11-12,15H2,(H,24,25,26). The van der Waals surface area contributed by atoms with Gasteiger partial charge in [-0.05, 0) is 61.3 Å². The maximum absolute atomic E-state index is 4.49. The van der Waals surface area contributed by atoms with Crippen LogP contribution in [0.3, 0.4) is 0 Å². The Morgan fingerprint density at radius 2 is 1.79 bits per heavy atom. The van der Waals surface area contributed by atoms with Gasteiger partial charge < -0.3 is 5.32 Å². The van der Waals surface area contributed by atoms with Crippen LogP contribution < -0.4 is 5.32 Å². The van der Waals surface area contributed by atoms with Crippen LogP contribution in [0, 0.1) is 0 Å². The van der Waals surface area contributed by atoms with Gasteiger partial charge in [-0.2, -0.15) is 0 Å². The minimum Gasteiger partial charge on any atom is -0.339 e. The summed E-state index contributed by atoms with van der Waals surface area (Å²) in [5, 5.41) is 3.42. The number of hydrogen-bond acceptors (Lipinski definition) is 5. The first-order chi connectivity index (χ1) is 13.8. The molecule has 0 radical (unpaired) electrons. The van der Waals surface area contributed by atoms with Crippen molar-refractivity contribution >= 4 is 33.1 Å². The minimum absolute atomic E-state index is 0.862. The van der Waals surface area contributed by atoms with Crippen LogP contribution in [0.2, 0.25) is 0 Å². The van der Waals surface area contributed by atoms with E-state index in [-0.39, 0.29) is 0 Å². The van der Waals surface area contributed by atoms with Gasteiger partial charge in [0.1, 0.15) is 6.33 Å². The number of likely N-dealkylation sites (tertiary alicyclic amines) is 1. The van der Waals surface area contributed by atoms with Crippen molar-refractivity contribution in [2.75, 3.05) is 18.4 Å². The molecule has 0 aliphatic carbocycles. The summed E-state index contributed by atoms with van der Waals surface area (Å²) in [5.74, 6) is 0.862. The number of hydrogen-bond donors (Lipinski definition) is 1. The fourth-order valence-electron chi connectivity index (χ4n) is 3.77. The average Bonchev–Trinajstić information content (AvgIpc) is 3.39. The summed E-state index contributed by atoms with van der Waals surface area (Å²) < 4.78 is 1.09. The molecule has 5 heteroatoms. The van der Waals surface area contributed by atoms with Gasteiger partial charge in [0.25, 0.3) is 0 Å². The minimum atomic E-state index is 0.862. The molecule has 0 spiro atoms. The number of nitrogens with one attached hydrogen (secondary N) is 1. The Bertz CT molecular complexity index is 1080. The van der Waals surface area contributed by atoms with Crippen molar-refractivity contribution in [2.24, 2.45) is 0 Å². The van der Waals surface area contributed by atoms with Crippen LogP contribution in [-0.4, -0.2) is 28.0 Å². The van der Waals surface area contributed by atoms with Crippen LogP contribution in [0.1, 0.15) is 18.4 Å². The Kier molecular flexibility index (Phi) is 4.77. The predicted octanol–water partition coefficient (Wildman–Crippen LogP) is 5.70. The number of aromatic nitrogens is 2. The summed E-state index contributed by atoms with van der Waals surface area (Å²) >= 11 is 1.75. The third-order valence-corrected chi connectivity index (χ3v) is 6.34. The van der Waals surface area contributed by atoms with Crippen molar-refractivity contribution < 1.29 is 0 Å². The van der Waals surface area contributed by atoms with E-state index in [9.17, 15) is 0 Å². The van der Waals surface area contributed by atoms with E-state index in [0.29, 0.717) is 0 Å². The molecule has 3 heterocycles. The van der Waals surface area contributed by atoms with Gasteiger partial charge in [-0.15, -0.1) is 11.3 Å². The third-order valence-electron chi connectivity index (χ3n) is 5.16.